The molecule has 1 aromatic carbocycles. The van der Waals surface area contributed by atoms with Crippen LogP contribution < -0.4 is 5.73 Å². The van der Waals surface area contributed by atoms with Crippen LogP contribution >= 0.6 is 0 Å². The lowest BCUT2D eigenvalue weighted by molar-refractivity contribution is 0.462. The molecule has 6 nitrogen and oxygen atoms in total. The summed E-state index contributed by atoms with van der Waals surface area (Å²) in [4.78, 5) is 4.08. The molecule has 108 valence electrons. The zero-order valence-corrected chi connectivity index (χ0v) is 12.2. The molecule has 21 heavy (non-hydrogen) atoms. The first kappa shape index (κ1) is 15.0. The second kappa shape index (κ2) is 5.91. The lowest BCUT2D eigenvalue weighted by Crippen LogP contribution is -2.27. The van der Waals surface area contributed by atoms with Gasteiger partial charge >= 0.3 is 0 Å². The number of pyridine rings is 1. The van der Waals surface area contributed by atoms with Gasteiger partial charge < -0.3 is 5.73 Å². The van der Waals surface area contributed by atoms with Crippen molar-refractivity contribution in [2.24, 2.45) is 0 Å². The molecule has 0 unspecified atom stereocenters. The maximum atomic E-state index is 12.5. The molecule has 0 amide bonds. The number of anilines is 1. The summed E-state index contributed by atoms with van der Waals surface area (Å²) in [6.07, 6.45) is 1.60. The van der Waals surface area contributed by atoms with Gasteiger partial charge in [-0.25, -0.2) is 8.42 Å². The van der Waals surface area contributed by atoms with Crippen LogP contribution in [0.5, 0.6) is 0 Å². The minimum atomic E-state index is -3.73. The smallest absolute Gasteiger partial charge is 0.245 e. The van der Waals surface area contributed by atoms with Crippen LogP contribution in [0.4, 0.5) is 5.69 Å². The van der Waals surface area contributed by atoms with E-state index in [9.17, 15) is 8.42 Å². The van der Waals surface area contributed by atoms with Crippen molar-refractivity contribution >= 4 is 15.7 Å². The molecule has 0 bridgehead atoms. The molecule has 0 fully saturated rings. The van der Waals surface area contributed by atoms with Gasteiger partial charge in [-0.05, 0) is 30.3 Å². The number of nitrogens with two attached hydrogens (primary N) is 1. The summed E-state index contributed by atoms with van der Waals surface area (Å²) >= 11 is 0. The maximum Gasteiger partial charge on any atom is 0.245 e. The third-order valence-corrected chi connectivity index (χ3v) is 4.82. The number of hydrogen-bond acceptors (Lipinski definition) is 5. The molecule has 1 aromatic heterocycles. The van der Waals surface area contributed by atoms with Crippen molar-refractivity contribution in [3.05, 3.63) is 53.9 Å². The number of nitrogens with zero attached hydrogens (tertiary/aromatic N) is 3. The van der Waals surface area contributed by atoms with Crippen molar-refractivity contribution in [1.82, 2.24) is 9.29 Å². The summed E-state index contributed by atoms with van der Waals surface area (Å²) in [6, 6.07) is 11.3. The molecule has 2 rings (SSSR count). The summed E-state index contributed by atoms with van der Waals surface area (Å²) in [6.45, 7) is 0.141. The van der Waals surface area contributed by atoms with E-state index in [1.54, 1.807) is 24.4 Å². The van der Waals surface area contributed by atoms with Crippen molar-refractivity contribution in [2.45, 2.75) is 11.4 Å². The monoisotopic (exact) mass is 302 g/mol. The van der Waals surface area contributed by atoms with Crippen molar-refractivity contribution in [3.63, 3.8) is 0 Å². The predicted molar refractivity (Wildman–Crippen MR) is 78.5 cm³/mol. The molecule has 0 spiro atoms. The van der Waals surface area contributed by atoms with Gasteiger partial charge in [-0.3, -0.25) is 4.98 Å². The average Bonchev–Trinajstić information content (AvgIpc) is 2.47. The van der Waals surface area contributed by atoms with E-state index in [0.717, 1.165) is 0 Å². The Kier molecular flexibility index (Phi) is 4.21. The number of rotatable bonds is 4. The summed E-state index contributed by atoms with van der Waals surface area (Å²) < 4.78 is 26.2. The molecule has 0 aliphatic heterocycles. The lowest BCUT2D eigenvalue weighted by atomic mass is 10.2. The molecule has 2 aromatic rings. The molecule has 7 heteroatoms. The van der Waals surface area contributed by atoms with Gasteiger partial charge in [-0.2, -0.15) is 9.57 Å². The van der Waals surface area contributed by atoms with Crippen LogP contribution in [-0.4, -0.2) is 24.8 Å². The Morgan fingerprint density at radius 3 is 2.67 bits per heavy atom. The number of sulfonamides is 1. The highest BCUT2D eigenvalue weighted by molar-refractivity contribution is 7.89. The Hall–Kier alpha value is -2.43. The Labute approximate surface area is 123 Å². The lowest BCUT2D eigenvalue weighted by Gasteiger charge is -2.18. The van der Waals surface area contributed by atoms with Crippen molar-refractivity contribution in [1.29, 1.82) is 5.26 Å². The molecule has 0 saturated heterocycles. The molecule has 0 radical (unpaired) electrons. The van der Waals surface area contributed by atoms with Crippen molar-refractivity contribution in [3.8, 4) is 6.07 Å². The minimum Gasteiger partial charge on any atom is -0.398 e. The van der Waals surface area contributed by atoms with E-state index in [1.165, 1.54) is 29.6 Å². The van der Waals surface area contributed by atoms with E-state index >= 15 is 0 Å². The molecule has 1 heterocycles. The van der Waals surface area contributed by atoms with Gasteiger partial charge in [0.15, 0.2) is 0 Å². The third-order valence-electron chi connectivity index (χ3n) is 2.94. The molecule has 2 N–H and O–H groups in total. The number of aromatic nitrogens is 1. The Morgan fingerprint density at radius 1 is 1.33 bits per heavy atom. The summed E-state index contributed by atoms with van der Waals surface area (Å²) in [5.74, 6) is 0. The number of nitrogen functional groups attached to an aromatic ring is 1. The second-order valence-electron chi connectivity index (χ2n) is 4.45. The number of benzene rings is 1. The van der Waals surface area contributed by atoms with Crippen molar-refractivity contribution in [2.75, 3.05) is 12.8 Å². The molecular weight excluding hydrogens is 288 g/mol. The van der Waals surface area contributed by atoms with E-state index in [1.807, 2.05) is 6.07 Å². The van der Waals surface area contributed by atoms with Gasteiger partial charge in [0, 0.05) is 13.2 Å². The Bertz CT molecular complexity index is 782. The Balaban J connectivity index is 2.32. The Morgan fingerprint density at radius 2 is 2.10 bits per heavy atom. The molecular formula is C14H14N4O2S. The van der Waals surface area contributed by atoms with Gasteiger partial charge in [0.2, 0.25) is 10.0 Å². The summed E-state index contributed by atoms with van der Waals surface area (Å²) in [7, 11) is -2.27. The fourth-order valence-electron chi connectivity index (χ4n) is 1.83. The molecule has 0 saturated carbocycles. The molecule has 0 aliphatic carbocycles. The highest BCUT2D eigenvalue weighted by Crippen LogP contribution is 2.23. The van der Waals surface area contributed by atoms with E-state index in [4.69, 9.17) is 11.0 Å². The summed E-state index contributed by atoms with van der Waals surface area (Å²) in [5.41, 5.74) is 6.75. The molecule has 0 aliphatic rings. The van der Waals surface area contributed by atoms with Crippen LogP contribution in [0, 0.1) is 11.3 Å². The van der Waals surface area contributed by atoms with Crippen LogP contribution in [-0.2, 0) is 16.6 Å². The number of hydrogen-bond donors (Lipinski definition) is 1. The fourth-order valence-corrected chi connectivity index (χ4v) is 3.06. The van der Waals surface area contributed by atoms with Gasteiger partial charge in [0.05, 0.1) is 29.6 Å². The van der Waals surface area contributed by atoms with Crippen LogP contribution in [0.25, 0.3) is 0 Å². The normalized spacial score (nSPS) is 11.3. The first-order valence-electron chi connectivity index (χ1n) is 6.11. The SMILES string of the molecule is CN(Cc1ccccn1)S(=O)(=O)c1ccc(C#N)cc1N. The van der Waals surface area contributed by atoms with E-state index < -0.39 is 10.0 Å². The van der Waals surface area contributed by atoms with Crippen molar-refractivity contribution < 1.29 is 8.42 Å². The number of nitriles is 1. The third kappa shape index (κ3) is 3.18. The maximum absolute atomic E-state index is 12.5. The van der Waals surface area contributed by atoms with E-state index in [0.29, 0.717) is 11.3 Å². The first-order chi connectivity index (χ1) is 9.95. The quantitative estimate of drug-likeness (QED) is 0.859. The highest BCUT2D eigenvalue weighted by atomic mass is 32.2. The van der Waals surface area contributed by atoms with Gasteiger partial charge in [0.1, 0.15) is 4.90 Å². The van der Waals surface area contributed by atoms with E-state index in [-0.39, 0.29) is 17.1 Å². The standard InChI is InChI=1S/C14H14N4O2S/c1-18(10-12-4-2-3-7-17-12)21(19,20)14-6-5-11(9-15)8-13(14)16/h2-8H,10,16H2,1H3. The average molecular weight is 302 g/mol. The predicted octanol–water partition coefficient (Wildman–Crippen LogP) is 1.36. The van der Waals surface area contributed by atoms with Gasteiger partial charge in [0.25, 0.3) is 0 Å². The van der Waals surface area contributed by atoms with Crippen LogP contribution in [0.15, 0.2) is 47.5 Å². The highest BCUT2D eigenvalue weighted by Gasteiger charge is 2.23. The van der Waals surface area contributed by atoms with E-state index in [2.05, 4.69) is 4.98 Å². The first-order valence-corrected chi connectivity index (χ1v) is 7.55. The minimum absolute atomic E-state index is 0.0140. The summed E-state index contributed by atoms with van der Waals surface area (Å²) in [5, 5.41) is 8.79. The fraction of sp³-hybridized carbons (Fsp3) is 0.143. The molecule has 0 atom stereocenters. The largest absolute Gasteiger partial charge is 0.398 e. The second-order valence-corrected chi connectivity index (χ2v) is 6.46. The zero-order chi connectivity index (χ0) is 15.5. The van der Waals surface area contributed by atoms with Gasteiger partial charge in [-0.15, -0.1) is 0 Å². The van der Waals surface area contributed by atoms with Crippen LogP contribution in [0.2, 0.25) is 0 Å². The zero-order valence-electron chi connectivity index (χ0n) is 11.4. The van der Waals surface area contributed by atoms with Crippen LogP contribution in [0.1, 0.15) is 11.3 Å². The van der Waals surface area contributed by atoms with Crippen LogP contribution in [0.3, 0.4) is 0 Å². The van der Waals surface area contributed by atoms with Gasteiger partial charge in [-0.1, -0.05) is 6.07 Å². The topological polar surface area (TPSA) is 100 Å².